The molecule has 0 spiro atoms. The SMILES string of the molecule is CCC(SC1=Nc2ccccc2C2=NC(CC(=O)NCc3ccc(F)cc3)C(=O)N12)C(=O)Nc1ccc(Cl)cc1. The summed E-state index contributed by atoms with van der Waals surface area (Å²) < 4.78 is 13.2. The van der Waals surface area contributed by atoms with Crippen LogP contribution < -0.4 is 10.6 Å². The van der Waals surface area contributed by atoms with E-state index in [0.29, 0.717) is 39.4 Å². The standard InChI is InChI=1S/C29H25ClFN5O3S/c1-2-24(27(38)33-20-13-9-18(30)10-14-20)40-29-35-22-6-4-3-5-21(22)26-34-23(28(39)36(26)29)15-25(37)32-16-17-7-11-19(31)12-8-17/h3-14,23-24H,2,15-16H2,1H3,(H,32,37)(H,33,38). The number of carbonyl (C=O) groups is 3. The smallest absolute Gasteiger partial charge is 0.259 e. The molecule has 5 rings (SSSR count). The maximum absolute atomic E-state index is 13.6. The first-order valence-electron chi connectivity index (χ1n) is 12.7. The summed E-state index contributed by atoms with van der Waals surface area (Å²) >= 11 is 7.12. The topological polar surface area (TPSA) is 103 Å². The van der Waals surface area contributed by atoms with Crippen LogP contribution in [0.2, 0.25) is 5.02 Å². The molecule has 0 aromatic heterocycles. The molecular weight excluding hydrogens is 553 g/mol. The van der Waals surface area contributed by atoms with Gasteiger partial charge in [0.25, 0.3) is 5.91 Å². The number of fused-ring (bicyclic) bond motifs is 3. The van der Waals surface area contributed by atoms with Gasteiger partial charge in [-0.05, 0) is 60.5 Å². The Morgan fingerprint density at radius 2 is 1.80 bits per heavy atom. The van der Waals surface area contributed by atoms with E-state index in [9.17, 15) is 18.8 Å². The number of thioether (sulfide) groups is 1. The zero-order chi connectivity index (χ0) is 28.2. The lowest BCUT2D eigenvalue weighted by atomic mass is 10.1. The number of amidine groups is 2. The van der Waals surface area contributed by atoms with Gasteiger partial charge in [0, 0.05) is 22.8 Å². The van der Waals surface area contributed by atoms with Gasteiger partial charge in [-0.25, -0.2) is 14.3 Å². The summed E-state index contributed by atoms with van der Waals surface area (Å²) in [5.74, 6) is -0.941. The second-order valence-corrected chi connectivity index (χ2v) is 10.8. The molecule has 3 aromatic rings. The van der Waals surface area contributed by atoms with Crippen LogP contribution in [-0.4, -0.2) is 44.9 Å². The van der Waals surface area contributed by atoms with Crippen LogP contribution in [-0.2, 0) is 20.9 Å². The van der Waals surface area contributed by atoms with Crippen molar-refractivity contribution in [3.63, 3.8) is 0 Å². The number of hydrogen-bond acceptors (Lipinski definition) is 6. The Morgan fingerprint density at radius 3 is 2.52 bits per heavy atom. The number of nitrogens with zero attached hydrogens (tertiary/aromatic N) is 3. The van der Waals surface area contributed by atoms with Crippen molar-refractivity contribution in [2.75, 3.05) is 5.32 Å². The van der Waals surface area contributed by atoms with Gasteiger partial charge in [-0.2, -0.15) is 0 Å². The van der Waals surface area contributed by atoms with Crippen molar-refractivity contribution < 1.29 is 18.8 Å². The lowest BCUT2D eigenvalue weighted by Crippen LogP contribution is -2.43. The van der Waals surface area contributed by atoms with Crippen LogP contribution in [0.4, 0.5) is 15.8 Å². The Hall–Kier alpha value is -4.02. The molecule has 0 bridgehead atoms. The first-order chi connectivity index (χ1) is 19.3. The minimum absolute atomic E-state index is 0.158. The molecular formula is C29H25ClFN5O3S. The van der Waals surface area contributed by atoms with Crippen LogP contribution in [0.25, 0.3) is 0 Å². The van der Waals surface area contributed by atoms with Crippen molar-refractivity contribution in [2.45, 2.75) is 37.6 Å². The first kappa shape index (κ1) is 27.5. The fraction of sp³-hybridized carbons (Fsp3) is 0.207. The van der Waals surface area contributed by atoms with E-state index >= 15 is 0 Å². The van der Waals surface area contributed by atoms with Gasteiger partial charge in [-0.15, -0.1) is 0 Å². The van der Waals surface area contributed by atoms with Gasteiger partial charge in [0.05, 0.1) is 17.4 Å². The van der Waals surface area contributed by atoms with E-state index in [4.69, 9.17) is 16.6 Å². The summed E-state index contributed by atoms with van der Waals surface area (Å²) in [6, 6.07) is 19.0. The number of aliphatic imine (C=N–C) groups is 2. The van der Waals surface area contributed by atoms with E-state index in [1.807, 2.05) is 31.2 Å². The molecule has 3 aromatic carbocycles. The Bertz CT molecular complexity index is 1510. The van der Waals surface area contributed by atoms with E-state index in [-0.39, 0.29) is 36.5 Å². The van der Waals surface area contributed by atoms with Gasteiger partial charge in [0.15, 0.2) is 5.17 Å². The summed E-state index contributed by atoms with van der Waals surface area (Å²) in [5.41, 5.74) is 2.64. The molecule has 0 fully saturated rings. The van der Waals surface area contributed by atoms with Crippen molar-refractivity contribution in [3.8, 4) is 0 Å². The molecule has 8 nitrogen and oxygen atoms in total. The van der Waals surface area contributed by atoms with Crippen molar-refractivity contribution in [1.82, 2.24) is 10.2 Å². The van der Waals surface area contributed by atoms with Gasteiger partial charge < -0.3 is 10.6 Å². The molecule has 204 valence electrons. The van der Waals surface area contributed by atoms with Crippen LogP contribution in [0.5, 0.6) is 0 Å². The van der Waals surface area contributed by atoms with Crippen LogP contribution >= 0.6 is 23.4 Å². The fourth-order valence-electron chi connectivity index (χ4n) is 4.27. The van der Waals surface area contributed by atoms with E-state index in [1.165, 1.54) is 28.8 Å². The second kappa shape index (κ2) is 12.0. The Kier molecular flexibility index (Phi) is 8.27. The summed E-state index contributed by atoms with van der Waals surface area (Å²) in [4.78, 5) is 50.1. The van der Waals surface area contributed by atoms with E-state index in [2.05, 4.69) is 15.6 Å². The summed E-state index contributed by atoms with van der Waals surface area (Å²) in [6.07, 6.45) is 0.322. The van der Waals surface area contributed by atoms with Gasteiger partial charge in [-0.3, -0.25) is 19.4 Å². The number of rotatable bonds is 8. The average molecular weight is 578 g/mol. The molecule has 11 heteroatoms. The first-order valence-corrected chi connectivity index (χ1v) is 13.9. The molecule has 0 saturated carbocycles. The predicted octanol–water partition coefficient (Wildman–Crippen LogP) is 5.29. The number of anilines is 1. The largest absolute Gasteiger partial charge is 0.352 e. The summed E-state index contributed by atoms with van der Waals surface area (Å²) in [7, 11) is 0. The third-order valence-electron chi connectivity index (χ3n) is 6.35. The quantitative estimate of drug-likeness (QED) is 0.379. The number of nitrogens with one attached hydrogen (secondary N) is 2. The minimum atomic E-state index is -0.942. The van der Waals surface area contributed by atoms with Gasteiger partial charge in [0.2, 0.25) is 11.8 Å². The Balaban J connectivity index is 1.32. The average Bonchev–Trinajstić information content (AvgIpc) is 3.28. The highest BCUT2D eigenvalue weighted by atomic mass is 35.5. The molecule has 3 amide bonds. The maximum Gasteiger partial charge on any atom is 0.259 e. The zero-order valence-electron chi connectivity index (χ0n) is 21.4. The van der Waals surface area contributed by atoms with Crippen molar-refractivity contribution >= 4 is 63.5 Å². The number of hydrogen-bond donors (Lipinski definition) is 2. The van der Waals surface area contributed by atoms with E-state index < -0.39 is 11.3 Å². The number of carbonyl (C=O) groups excluding carboxylic acids is 3. The van der Waals surface area contributed by atoms with Crippen molar-refractivity contribution in [2.24, 2.45) is 9.98 Å². The van der Waals surface area contributed by atoms with Crippen LogP contribution in [0.15, 0.2) is 82.8 Å². The molecule has 2 atom stereocenters. The molecule has 2 aliphatic rings. The van der Waals surface area contributed by atoms with Gasteiger partial charge >= 0.3 is 0 Å². The number of amides is 3. The lowest BCUT2D eigenvalue weighted by molar-refractivity contribution is -0.128. The number of halogens is 2. The summed E-state index contributed by atoms with van der Waals surface area (Å²) in [5, 5.41) is 5.99. The fourth-order valence-corrected chi connectivity index (χ4v) is 5.42. The molecule has 2 aliphatic heterocycles. The van der Waals surface area contributed by atoms with Crippen LogP contribution in [0.1, 0.15) is 30.9 Å². The van der Waals surface area contributed by atoms with Gasteiger partial charge in [0.1, 0.15) is 17.7 Å². The lowest BCUT2D eigenvalue weighted by Gasteiger charge is -2.27. The third-order valence-corrected chi connectivity index (χ3v) is 7.92. The molecule has 2 heterocycles. The molecule has 2 unspecified atom stereocenters. The zero-order valence-corrected chi connectivity index (χ0v) is 23.0. The molecule has 0 radical (unpaired) electrons. The van der Waals surface area contributed by atoms with Crippen molar-refractivity contribution in [1.29, 1.82) is 0 Å². The normalized spacial score (nSPS) is 16.4. The van der Waals surface area contributed by atoms with E-state index in [1.54, 1.807) is 36.4 Å². The van der Waals surface area contributed by atoms with Crippen LogP contribution in [0.3, 0.4) is 0 Å². The van der Waals surface area contributed by atoms with Crippen molar-refractivity contribution in [3.05, 3.63) is 94.8 Å². The number of para-hydroxylation sites is 1. The number of benzene rings is 3. The predicted molar refractivity (Wildman–Crippen MR) is 155 cm³/mol. The monoisotopic (exact) mass is 577 g/mol. The highest BCUT2D eigenvalue weighted by Crippen LogP contribution is 2.36. The van der Waals surface area contributed by atoms with Crippen LogP contribution in [0, 0.1) is 5.82 Å². The molecule has 0 saturated heterocycles. The molecule has 40 heavy (non-hydrogen) atoms. The molecule has 0 aliphatic carbocycles. The third kappa shape index (κ3) is 6.08. The Morgan fingerprint density at radius 1 is 1.07 bits per heavy atom. The summed E-state index contributed by atoms with van der Waals surface area (Å²) in [6.45, 7) is 2.08. The maximum atomic E-state index is 13.6. The molecule has 2 N–H and O–H groups in total. The highest BCUT2D eigenvalue weighted by Gasteiger charge is 2.43. The highest BCUT2D eigenvalue weighted by molar-refractivity contribution is 8.15. The second-order valence-electron chi connectivity index (χ2n) is 9.17. The van der Waals surface area contributed by atoms with Gasteiger partial charge in [-0.1, -0.05) is 54.6 Å². The van der Waals surface area contributed by atoms with E-state index in [0.717, 1.165) is 5.56 Å². The Labute approximate surface area is 239 Å². The minimum Gasteiger partial charge on any atom is -0.352 e.